The molecule has 1 rings (SSSR count). The lowest BCUT2D eigenvalue weighted by Crippen LogP contribution is -2.27. The summed E-state index contributed by atoms with van der Waals surface area (Å²) in [5.41, 5.74) is 0.922. The molecular weight excluding hydrogens is 282 g/mol. The average Bonchev–Trinajstić information content (AvgIpc) is 2.71. The number of amides is 2. The van der Waals surface area contributed by atoms with Gasteiger partial charge >= 0.3 is 12.0 Å². The largest absolute Gasteiger partial charge is 0.477 e. The van der Waals surface area contributed by atoms with Crippen molar-refractivity contribution in [3.8, 4) is 5.88 Å². The zero-order valence-electron chi connectivity index (χ0n) is 11.8. The molecule has 0 aromatic carbocycles. The van der Waals surface area contributed by atoms with E-state index in [0.717, 1.165) is 17.1 Å². The molecule has 0 bridgehead atoms. The fraction of sp³-hybridized carbons (Fsp3) is 0.417. The van der Waals surface area contributed by atoms with Gasteiger partial charge in [0.25, 0.3) is 0 Å². The highest BCUT2D eigenvalue weighted by Gasteiger charge is 2.23. The first-order chi connectivity index (χ1) is 9.32. The van der Waals surface area contributed by atoms with Gasteiger partial charge in [-0.1, -0.05) is 5.57 Å². The lowest BCUT2D eigenvalue weighted by atomic mass is 10.3. The summed E-state index contributed by atoms with van der Waals surface area (Å²) in [5, 5.41) is 11.8. The number of hydrogen-bond donors (Lipinski definition) is 2. The summed E-state index contributed by atoms with van der Waals surface area (Å²) >= 11 is 0.874. The predicted molar refractivity (Wildman–Crippen MR) is 76.7 cm³/mol. The quantitative estimate of drug-likeness (QED) is 0.814. The maximum absolute atomic E-state index is 11.6. The second-order valence-corrected chi connectivity index (χ2v) is 5.19. The normalized spacial score (nSPS) is 9.80. The molecule has 0 fully saturated rings. The Kier molecular flexibility index (Phi) is 5.51. The van der Waals surface area contributed by atoms with Crippen LogP contribution in [-0.4, -0.2) is 47.1 Å². The molecule has 1 heterocycles. The number of aromatic nitrogens is 1. The minimum atomic E-state index is -1.19. The molecule has 1 aromatic heterocycles. The minimum absolute atomic E-state index is 0.00839. The summed E-state index contributed by atoms with van der Waals surface area (Å²) in [6, 6.07) is -0.424. The number of allylic oxidation sites excluding steroid dienone is 1. The Labute approximate surface area is 121 Å². The van der Waals surface area contributed by atoms with Gasteiger partial charge in [0.2, 0.25) is 5.88 Å². The van der Waals surface area contributed by atoms with Gasteiger partial charge in [0.05, 0.1) is 0 Å². The van der Waals surface area contributed by atoms with Gasteiger partial charge in [-0.15, -0.1) is 0 Å². The summed E-state index contributed by atoms with van der Waals surface area (Å²) in [4.78, 5) is 24.1. The highest BCUT2D eigenvalue weighted by atomic mass is 32.1. The van der Waals surface area contributed by atoms with Crippen molar-refractivity contribution < 1.29 is 19.4 Å². The van der Waals surface area contributed by atoms with Crippen LogP contribution in [0, 0.1) is 0 Å². The third-order valence-corrected chi connectivity index (χ3v) is 2.96. The molecular formula is C12H17N3O4S. The smallest absolute Gasteiger partial charge is 0.344 e. The third-order valence-electron chi connectivity index (χ3n) is 2.21. The number of nitrogens with zero attached hydrogens (tertiary/aromatic N) is 2. The van der Waals surface area contributed by atoms with Gasteiger partial charge in [0.15, 0.2) is 5.56 Å². The standard InChI is InChI=1S/C12H17N3O4S/c1-7(2)5-6-19-9-8(11(16)17)10(20-14-9)13-12(18)15(3)4/h5H,6H2,1-4H3,(H,13,18)(H,16,17). The molecule has 0 saturated carbocycles. The number of nitrogens with one attached hydrogen (secondary N) is 1. The number of rotatable bonds is 5. The Morgan fingerprint density at radius 2 is 2.10 bits per heavy atom. The van der Waals surface area contributed by atoms with E-state index < -0.39 is 12.0 Å². The first-order valence-electron chi connectivity index (χ1n) is 5.80. The van der Waals surface area contributed by atoms with E-state index in [9.17, 15) is 14.7 Å². The van der Waals surface area contributed by atoms with Crippen LogP contribution < -0.4 is 10.1 Å². The Morgan fingerprint density at radius 1 is 1.45 bits per heavy atom. The monoisotopic (exact) mass is 299 g/mol. The van der Waals surface area contributed by atoms with E-state index in [1.807, 2.05) is 19.9 Å². The molecule has 8 heteroatoms. The van der Waals surface area contributed by atoms with Crippen molar-refractivity contribution in [3.63, 3.8) is 0 Å². The molecule has 0 unspecified atom stereocenters. The van der Waals surface area contributed by atoms with Crippen LogP contribution in [0.3, 0.4) is 0 Å². The van der Waals surface area contributed by atoms with E-state index in [0.29, 0.717) is 0 Å². The van der Waals surface area contributed by atoms with E-state index in [2.05, 4.69) is 9.69 Å². The summed E-state index contributed by atoms with van der Waals surface area (Å²) in [5.74, 6) is -1.19. The molecule has 0 aliphatic carbocycles. The Morgan fingerprint density at radius 3 is 2.60 bits per heavy atom. The molecule has 0 aliphatic rings. The van der Waals surface area contributed by atoms with Gasteiger partial charge in [-0.05, 0) is 31.5 Å². The zero-order chi connectivity index (χ0) is 15.3. The van der Waals surface area contributed by atoms with Crippen LogP contribution in [0.15, 0.2) is 11.6 Å². The van der Waals surface area contributed by atoms with Crippen LogP contribution in [-0.2, 0) is 0 Å². The summed E-state index contributed by atoms with van der Waals surface area (Å²) in [6.45, 7) is 4.05. The number of aromatic carboxylic acids is 1. The van der Waals surface area contributed by atoms with Crippen LogP contribution in [0.1, 0.15) is 24.2 Å². The zero-order valence-corrected chi connectivity index (χ0v) is 12.6. The van der Waals surface area contributed by atoms with Gasteiger partial charge in [-0.3, -0.25) is 5.32 Å². The van der Waals surface area contributed by atoms with Crippen LogP contribution in [0.5, 0.6) is 5.88 Å². The van der Waals surface area contributed by atoms with Crippen molar-refractivity contribution in [1.29, 1.82) is 0 Å². The Bertz CT molecular complexity index is 533. The SMILES string of the molecule is CC(C)=CCOc1nsc(NC(=O)N(C)C)c1C(=O)O. The van der Waals surface area contributed by atoms with E-state index in [-0.39, 0.29) is 23.1 Å². The first-order valence-corrected chi connectivity index (χ1v) is 6.57. The average molecular weight is 299 g/mol. The number of anilines is 1. The summed E-state index contributed by atoms with van der Waals surface area (Å²) in [6.07, 6.45) is 1.81. The van der Waals surface area contributed by atoms with E-state index in [1.165, 1.54) is 4.90 Å². The molecule has 2 N–H and O–H groups in total. The molecule has 20 heavy (non-hydrogen) atoms. The fourth-order valence-corrected chi connectivity index (χ4v) is 1.86. The lowest BCUT2D eigenvalue weighted by molar-refractivity contribution is 0.0694. The van der Waals surface area contributed by atoms with Crippen molar-refractivity contribution in [1.82, 2.24) is 9.27 Å². The number of carboxylic acid groups (broad SMARTS) is 1. The van der Waals surface area contributed by atoms with Gasteiger partial charge in [-0.25, -0.2) is 9.59 Å². The molecule has 0 radical (unpaired) electrons. The van der Waals surface area contributed by atoms with Crippen molar-refractivity contribution in [3.05, 3.63) is 17.2 Å². The molecule has 0 spiro atoms. The van der Waals surface area contributed by atoms with Crippen LogP contribution in [0.2, 0.25) is 0 Å². The van der Waals surface area contributed by atoms with Gasteiger partial charge in [0.1, 0.15) is 11.6 Å². The molecule has 7 nitrogen and oxygen atoms in total. The van der Waals surface area contributed by atoms with Crippen molar-refractivity contribution in [2.45, 2.75) is 13.8 Å². The lowest BCUT2D eigenvalue weighted by Gasteiger charge is -2.10. The topological polar surface area (TPSA) is 91.8 Å². The van der Waals surface area contributed by atoms with Crippen molar-refractivity contribution >= 4 is 28.5 Å². The van der Waals surface area contributed by atoms with E-state index in [4.69, 9.17) is 4.74 Å². The Balaban J connectivity index is 2.92. The second kappa shape index (κ2) is 6.90. The number of carboxylic acids is 1. The molecule has 1 aromatic rings. The number of carbonyl (C=O) groups is 2. The molecule has 2 amide bonds. The highest BCUT2D eigenvalue weighted by molar-refractivity contribution is 7.11. The molecule has 0 saturated heterocycles. The van der Waals surface area contributed by atoms with Crippen LogP contribution in [0.4, 0.5) is 9.80 Å². The van der Waals surface area contributed by atoms with Gasteiger partial charge in [-0.2, -0.15) is 4.37 Å². The number of ether oxygens (including phenoxy) is 1. The second-order valence-electron chi connectivity index (χ2n) is 4.41. The van der Waals surface area contributed by atoms with E-state index in [1.54, 1.807) is 14.1 Å². The molecule has 0 aliphatic heterocycles. The fourth-order valence-electron chi connectivity index (χ4n) is 1.14. The maximum atomic E-state index is 11.6. The van der Waals surface area contributed by atoms with E-state index >= 15 is 0 Å². The van der Waals surface area contributed by atoms with Gasteiger partial charge in [0, 0.05) is 14.1 Å². The van der Waals surface area contributed by atoms with Crippen LogP contribution >= 0.6 is 11.5 Å². The third kappa shape index (κ3) is 4.23. The summed E-state index contributed by atoms with van der Waals surface area (Å²) < 4.78 is 9.23. The predicted octanol–water partition coefficient (Wildman–Crippen LogP) is 2.28. The summed E-state index contributed by atoms with van der Waals surface area (Å²) in [7, 11) is 3.12. The number of urea groups is 1. The highest BCUT2D eigenvalue weighted by Crippen LogP contribution is 2.30. The molecule has 0 atom stereocenters. The van der Waals surface area contributed by atoms with Crippen molar-refractivity contribution in [2.24, 2.45) is 0 Å². The first kappa shape index (κ1) is 16.0. The van der Waals surface area contributed by atoms with Gasteiger partial charge < -0.3 is 14.7 Å². The Hall–Kier alpha value is -2.09. The minimum Gasteiger partial charge on any atom is -0.477 e. The number of hydrogen-bond acceptors (Lipinski definition) is 5. The van der Waals surface area contributed by atoms with Crippen molar-refractivity contribution in [2.75, 3.05) is 26.0 Å². The molecule has 110 valence electrons. The van der Waals surface area contributed by atoms with Crippen LogP contribution in [0.25, 0.3) is 0 Å². The maximum Gasteiger partial charge on any atom is 0.344 e. The number of carbonyl (C=O) groups excluding carboxylic acids is 1.